The van der Waals surface area contributed by atoms with Crippen LogP contribution in [-0.2, 0) is 9.53 Å². The molecule has 0 radical (unpaired) electrons. The highest BCUT2D eigenvalue weighted by atomic mass is 19.1. The van der Waals surface area contributed by atoms with E-state index in [4.69, 9.17) is 0 Å². The second-order valence-electron chi connectivity index (χ2n) is 4.04. The van der Waals surface area contributed by atoms with Gasteiger partial charge < -0.3 is 4.74 Å². The highest BCUT2D eigenvalue weighted by Crippen LogP contribution is 2.28. The van der Waals surface area contributed by atoms with E-state index in [1.165, 1.54) is 19.2 Å². The molecule has 2 atom stereocenters. The maximum absolute atomic E-state index is 13.5. The SMILES string of the molecule is COC(=O)[C@@H]1CC[C@H](c2ccc(F)cc2F)N1. The number of carbonyl (C=O) groups excluding carboxylic acids is 1. The standard InChI is InChI=1S/C12H13F2NO2/c1-17-12(16)11-5-4-10(15-11)8-3-2-7(13)6-9(8)14/h2-3,6,10-11,15H,4-5H2,1H3/t10-,11+/m1/s1. The molecule has 0 unspecified atom stereocenters. The third-order valence-electron chi connectivity index (χ3n) is 2.97. The van der Waals surface area contributed by atoms with Gasteiger partial charge in [0.2, 0.25) is 0 Å². The Bertz CT molecular complexity index is 437. The monoisotopic (exact) mass is 241 g/mol. The molecule has 1 saturated heterocycles. The number of carbonyl (C=O) groups is 1. The molecular weight excluding hydrogens is 228 g/mol. The van der Waals surface area contributed by atoms with Gasteiger partial charge in [-0.2, -0.15) is 0 Å². The number of esters is 1. The van der Waals surface area contributed by atoms with Crippen LogP contribution in [0.4, 0.5) is 8.78 Å². The smallest absolute Gasteiger partial charge is 0.322 e. The van der Waals surface area contributed by atoms with E-state index in [9.17, 15) is 13.6 Å². The van der Waals surface area contributed by atoms with Crippen LogP contribution in [-0.4, -0.2) is 19.1 Å². The Morgan fingerprint density at radius 1 is 1.41 bits per heavy atom. The molecule has 1 aromatic rings. The Kier molecular flexibility index (Phi) is 3.38. The Labute approximate surface area is 97.8 Å². The number of hydrogen-bond donors (Lipinski definition) is 1. The molecule has 1 aromatic carbocycles. The predicted molar refractivity (Wildman–Crippen MR) is 57.3 cm³/mol. The summed E-state index contributed by atoms with van der Waals surface area (Å²) in [5.41, 5.74) is 0.387. The molecule has 2 rings (SSSR count). The molecule has 1 N–H and O–H groups in total. The van der Waals surface area contributed by atoms with Gasteiger partial charge in [0, 0.05) is 17.7 Å². The molecule has 3 nitrogen and oxygen atoms in total. The van der Waals surface area contributed by atoms with Gasteiger partial charge in [0.05, 0.1) is 7.11 Å². The third-order valence-corrected chi connectivity index (χ3v) is 2.97. The van der Waals surface area contributed by atoms with Crippen LogP contribution in [0.15, 0.2) is 18.2 Å². The number of methoxy groups -OCH3 is 1. The average molecular weight is 241 g/mol. The molecule has 0 spiro atoms. The van der Waals surface area contributed by atoms with Crippen molar-refractivity contribution in [3.63, 3.8) is 0 Å². The number of nitrogens with one attached hydrogen (secondary N) is 1. The maximum atomic E-state index is 13.5. The first-order valence-electron chi connectivity index (χ1n) is 5.40. The predicted octanol–water partition coefficient (Wildman–Crippen LogP) is 1.93. The maximum Gasteiger partial charge on any atom is 0.322 e. The van der Waals surface area contributed by atoms with Crippen molar-refractivity contribution in [2.45, 2.75) is 24.9 Å². The molecule has 1 aliphatic heterocycles. The summed E-state index contributed by atoms with van der Waals surface area (Å²) in [6, 6.07) is 2.80. The van der Waals surface area contributed by atoms with Gasteiger partial charge in [-0.3, -0.25) is 10.1 Å². The van der Waals surface area contributed by atoms with Crippen LogP contribution in [0.5, 0.6) is 0 Å². The Balaban J connectivity index is 2.12. The Hall–Kier alpha value is -1.49. The number of ether oxygens (including phenoxy) is 1. The van der Waals surface area contributed by atoms with Gasteiger partial charge in [0.15, 0.2) is 0 Å². The zero-order chi connectivity index (χ0) is 12.4. The lowest BCUT2D eigenvalue weighted by Crippen LogP contribution is -2.33. The van der Waals surface area contributed by atoms with Crippen molar-refractivity contribution >= 4 is 5.97 Å². The summed E-state index contributed by atoms with van der Waals surface area (Å²) in [5.74, 6) is -1.54. The quantitative estimate of drug-likeness (QED) is 0.804. The lowest BCUT2D eigenvalue weighted by molar-refractivity contribution is -0.142. The number of hydrogen-bond acceptors (Lipinski definition) is 3. The van der Waals surface area contributed by atoms with E-state index < -0.39 is 17.7 Å². The van der Waals surface area contributed by atoms with Crippen LogP contribution in [0, 0.1) is 11.6 Å². The summed E-state index contributed by atoms with van der Waals surface area (Å²) in [6.07, 6.45) is 1.22. The molecule has 1 heterocycles. The van der Waals surface area contributed by atoms with E-state index in [-0.39, 0.29) is 12.0 Å². The van der Waals surface area contributed by atoms with Gasteiger partial charge in [-0.25, -0.2) is 8.78 Å². The van der Waals surface area contributed by atoms with Gasteiger partial charge in [-0.1, -0.05) is 6.07 Å². The minimum Gasteiger partial charge on any atom is -0.468 e. The highest BCUT2D eigenvalue weighted by Gasteiger charge is 2.31. The van der Waals surface area contributed by atoms with Crippen molar-refractivity contribution in [1.82, 2.24) is 5.32 Å². The van der Waals surface area contributed by atoms with Gasteiger partial charge in [-0.05, 0) is 18.9 Å². The topological polar surface area (TPSA) is 38.3 Å². The normalized spacial score (nSPS) is 23.7. The summed E-state index contributed by atoms with van der Waals surface area (Å²) < 4.78 is 30.9. The van der Waals surface area contributed by atoms with Crippen LogP contribution < -0.4 is 5.32 Å². The van der Waals surface area contributed by atoms with Crippen molar-refractivity contribution in [3.05, 3.63) is 35.4 Å². The molecule has 0 aliphatic carbocycles. The molecule has 17 heavy (non-hydrogen) atoms. The highest BCUT2D eigenvalue weighted by molar-refractivity contribution is 5.76. The summed E-state index contributed by atoms with van der Waals surface area (Å²) in [4.78, 5) is 11.3. The van der Waals surface area contributed by atoms with E-state index in [0.717, 1.165) is 6.07 Å². The molecule has 5 heteroatoms. The van der Waals surface area contributed by atoms with Crippen molar-refractivity contribution < 1.29 is 18.3 Å². The van der Waals surface area contributed by atoms with Crippen LogP contribution in [0.2, 0.25) is 0 Å². The first-order valence-corrected chi connectivity index (χ1v) is 5.40. The van der Waals surface area contributed by atoms with E-state index in [0.29, 0.717) is 18.4 Å². The van der Waals surface area contributed by atoms with Crippen LogP contribution in [0.1, 0.15) is 24.4 Å². The van der Waals surface area contributed by atoms with Gasteiger partial charge in [0.25, 0.3) is 0 Å². The summed E-state index contributed by atoms with van der Waals surface area (Å²) in [6.45, 7) is 0. The molecule has 0 aromatic heterocycles. The third kappa shape index (κ3) is 2.44. The second-order valence-corrected chi connectivity index (χ2v) is 4.04. The van der Waals surface area contributed by atoms with Crippen LogP contribution in [0.25, 0.3) is 0 Å². The van der Waals surface area contributed by atoms with Crippen molar-refractivity contribution in [3.8, 4) is 0 Å². The Morgan fingerprint density at radius 3 is 2.82 bits per heavy atom. The summed E-state index contributed by atoms with van der Waals surface area (Å²) >= 11 is 0. The molecule has 0 bridgehead atoms. The summed E-state index contributed by atoms with van der Waals surface area (Å²) in [7, 11) is 1.32. The fourth-order valence-corrected chi connectivity index (χ4v) is 2.10. The number of rotatable bonds is 2. The van der Waals surface area contributed by atoms with E-state index >= 15 is 0 Å². The lowest BCUT2D eigenvalue weighted by atomic mass is 10.0. The number of benzene rings is 1. The van der Waals surface area contributed by atoms with Crippen LogP contribution in [0.3, 0.4) is 0 Å². The van der Waals surface area contributed by atoms with Crippen molar-refractivity contribution in [1.29, 1.82) is 0 Å². The second kappa shape index (κ2) is 4.79. The van der Waals surface area contributed by atoms with Crippen molar-refractivity contribution in [2.75, 3.05) is 7.11 Å². The molecule has 0 saturated carbocycles. The van der Waals surface area contributed by atoms with Crippen molar-refractivity contribution in [2.24, 2.45) is 0 Å². The first-order chi connectivity index (χ1) is 8.11. The molecular formula is C12H13F2NO2. The van der Waals surface area contributed by atoms with Gasteiger partial charge >= 0.3 is 5.97 Å². The van der Waals surface area contributed by atoms with E-state index in [2.05, 4.69) is 10.1 Å². The molecule has 1 fully saturated rings. The average Bonchev–Trinajstić information content (AvgIpc) is 2.77. The van der Waals surface area contributed by atoms with E-state index in [1.807, 2.05) is 0 Å². The van der Waals surface area contributed by atoms with Crippen LogP contribution >= 0.6 is 0 Å². The minimum absolute atomic E-state index is 0.264. The fourth-order valence-electron chi connectivity index (χ4n) is 2.10. The molecule has 0 amide bonds. The molecule has 1 aliphatic rings. The summed E-state index contributed by atoms with van der Waals surface area (Å²) in [5, 5.41) is 2.98. The van der Waals surface area contributed by atoms with E-state index in [1.54, 1.807) is 0 Å². The zero-order valence-electron chi connectivity index (χ0n) is 9.37. The lowest BCUT2D eigenvalue weighted by Gasteiger charge is -2.13. The first kappa shape index (κ1) is 12.0. The zero-order valence-corrected chi connectivity index (χ0v) is 9.37. The van der Waals surface area contributed by atoms with Gasteiger partial charge in [-0.15, -0.1) is 0 Å². The fraction of sp³-hybridized carbons (Fsp3) is 0.417. The Morgan fingerprint density at radius 2 is 2.18 bits per heavy atom. The largest absolute Gasteiger partial charge is 0.468 e. The number of halogens is 2. The minimum atomic E-state index is -0.603. The molecule has 92 valence electrons. The van der Waals surface area contributed by atoms with Gasteiger partial charge in [0.1, 0.15) is 17.7 Å².